The molecule has 0 saturated heterocycles. The molecule has 1 aromatic rings. The summed E-state index contributed by atoms with van der Waals surface area (Å²) in [4.78, 5) is 12.3. The molecule has 2 N–H and O–H groups in total. The first-order valence-electron chi connectivity index (χ1n) is 7.30. The summed E-state index contributed by atoms with van der Waals surface area (Å²) in [7, 11) is 0. The van der Waals surface area contributed by atoms with E-state index in [0.717, 1.165) is 47.9 Å². The Morgan fingerprint density at radius 1 is 1.35 bits per heavy atom. The summed E-state index contributed by atoms with van der Waals surface area (Å²) in [5.74, 6) is 1.14. The predicted octanol–water partition coefficient (Wildman–Crippen LogP) is 3.16. The fourth-order valence-corrected chi connectivity index (χ4v) is 3.95. The first-order valence-corrected chi connectivity index (χ1v) is 8.10. The summed E-state index contributed by atoms with van der Waals surface area (Å²) in [5.41, 5.74) is 8.24. The average molecular weight is 338 g/mol. The molecule has 0 spiro atoms. The quantitative estimate of drug-likeness (QED) is 0.918. The third-order valence-corrected chi connectivity index (χ3v) is 4.82. The van der Waals surface area contributed by atoms with Gasteiger partial charge in [-0.15, -0.1) is 0 Å². The highest BCUT2D eigenvalue weighted by atomic mass is 79.9. The second-order valence-electron chi connectivity index (χ2n) is 6.11. The fraction of sp³-hybridized carbons (Fsp3) is 0.562. The van der Waals surface area contributed by atoms with Crippen LogP contribution in [0.5, 0.6) is 5.75 Å². The topological polar surface area (TPSA) is 52.3 Å². The lowest BCUT2D eigenvalue weighted by Gasteiger charge is -2.22. The van der Waals surface area contributed by atoms with E-state index in [0.29, 0.717) is 19.4 Å². The Morgan fingerprint density at radius 2 is 2.10 bits per heavy atom. The van der Waals surface area contributed by atoms with Crippen LogP contribution in [0.4, 0.5) is 0 Å². The zero-order chi connectivity index (χ0) is 14.2. The van der Waals surface area contributed by atoms with Gasteiger partial charge in [-0.25, -0.2) is 0 Å². The minimum absolute atomic E-state index is 0.227. The number of hydrogen-bond acceptors (Lipinski definition) is 3. The van der Waals surface area contributed by atoms with Crippen molar-refractivity contribution >= 4 is 21.7 Å². The standard InChI is InChI=1S/C16H20BrNO2/c17-13-7-11-3-6-20-15(11)12(8-13)9-14(19)10-16(18)4-1-2-5-16/h7-8H,1-6,9-10,18H2. The highest BCUT2D eigenvalue weighted by Gasteiger charge is 2.32. The maximum Gasteiger partial charge on any atom is 0.139 e. The number of nitrogens with two attached hydrogens (primary N) is 1. The van der Waals surface area contributed by atoms with Gasteiger partial charge in [-0.1, -0.05) is 28.8 Å². The van der Waals surface area contributed by atoms with Crippen molar-refractivity contribution in [3.63, 3.8) is 0 Å². The molecule has 0 unspecified atom stereocenters. The van der Waals surface area contributed by atoms with Crippen LogP contribution < -0.4 is 10.5 Å². The highest BCUT2D eigenvalue weighted by Crippen LogP contribution is 2.35. The van der Waals surface area contributed by atoms with Gasteiger partial charge in [-0.2, -0.15) is 0 Å². The maximum atomic E-state index is 12.3. The van der Waals surface area contributed by atoms with E-state index < -0.39 is 0 Å². The van der Waals surface area contributed by atoms with E-state index >= 15 is 0 Å². The predicted molar refractivity (Wildman–Crippen MR) is 82.1 cm³/mol. The van der Waals surface area contributed by atoms with Crippen LogP contribution in [0.15, 0.2) is 16.6 Å². The van der Waals surface area contributed by atoms with E-state index in [2.05, 4.69) is 22.0 Å². The molecule has 3 rings (SSSR count). The molecule has 1 aromatic carbocycles. The lowest BCUT2D eigenvalue weighted by atomic mass is 9.90. The number of rotatable bonds is 4. The number of halogens is 1. The number of Topliss-reactive ketones (excluding diaryl/α,β-unsaturated/α-hetero) is 1. The number of ether oxygens (including phenoxy) is 1. The van der Waals surface area contributed by atoms with Gasteiger partial charge in [-0.3, -0.25) is 4.79 Å². The van der Waals surface area contributed by atoms with Gasteiger partial charge in [0, 0.05) is 34.8 Å². The van der Waals surface area contributed by atoms with Crippen molar-refractivity contribution < 1.29 is 9.53 Å². The molecule has 2 aliphatic rings. The number of fused-ring (bicyclic) bond motifs is 1. The molecule has 0 amide bonds. The summed E-state index contributed by atoms with van der Waals surface area (Å²) >= 11 is 3.51. The molecular weight excluding hydrogens is 318 g/mol. The van der Waals surface area contributed by atoms with Crippen molar-refractivity contribution in [3.05, 3.63) is 27.7 Å². The summed E-state index contributed by atoms with van der Waals surface area (Å²) in [5, 5.41) is 0. The minimum atomic E-state index is -0.257. The van der Waals surface area contributed by atoms with Crippen LogP contribution in [0.1, 0.15) is 43.2 Å². The van der Waals surface area contributed by atoms with Gasteiger partial charge in [0.25, 0.3) is 0 Å². The van der Waals surface area contributed by atoms with E-state index in [1.165, 1.54) is 5.56 Å². The monoisotopic (exact) mass is 337 g/mol. The van der Waals surface area contributed by atoms with Gasteiger partial charge in [0.1, 0.15) is 11.5 Å². The van der Waals surface area contributed by atoms with Crippen LogP contribution in [-0.2, 0) is 17.6 Å². The average Bonchev–Trinajstić information content (AvgIpc) is 2.97. The molecule has 4 heteroatoms. The largest absolute Gasteiger partial charge is 0.493 e. The van der Waals surface area contributed by atoms with Crippen molar-refractivity contribution in [1.82, 2.24) is 0 Å². The van der Waals surface area contributed by atoms with Crippen molar-refractivity contribution in [2.24, 2.45) is 5.73 Å². The molecule has 20 heavy (non-hydrogen) atoms. The Kier molecular flexibility index (Phi) is 3.87. The molecule has 0 aromatic heterocycles. The Labute approximate surface area is 128 Å². The fourth-order valence-electron chi connectivity index (χ4n) is 3.40. The van der Waals surface area contributed by atoms with Crippen molar-refractivity contribution in [1.29, 1.82) is 0 Å². The van der Waals surface area contributed by atoms with Gasteiger partial charge in [-0.05, 0) is 30.5 Å². The number of carbonyl (C=O) groups excluding carboxylic acids is 1. The van der Waals surface area contributed by atoms with Crippen molar-refractivity contribution in [2.75, 3.05) is 6.61 Å². The third-order valence-electron chi connectivity index (χ3n) is 4.36. The second-order valence-corrected chi connectivity index (χ2v) is 7.03. The molecular formula is C16H20BrNO2. The molecule has 0 atom stereocenters. The molecule has 1 saturated carbocycles. The Balaban J connectivity index is 1.73. The molecule has 1 fully saturated rings. The van der Waals surface area contributed by atoms with Crippen LogP contribution in [-0.4, -0.2) is 17.9 Å². The summed E-state index contributed by atoms with van der Waals surface area (Å²) in [6.07, 6.45) is 6.11. The molecule has 1 aliphatic carbocycles. The molecule has 0 bridgehead atoms. The van der Waals surface area contributed by atoms with Gasteiger partial charge < -0.3 is 10.5 Å². The first-order chi connectivity index (χ1) is 9.56. The summed E-state index contributed by atoms with van der Waals surface area (Å²) < 4.78 is 6.70. The van der Waals surface area contributed by atoms with Crippen molar-refractivity contribution in [3.8, 4) is 5.75 Å². The van der Waals surface area contributed by atoms with Crippen LogP contribution in [0.25, 0.3) is 0 Å². The number of hydrogen-bond donors (Lipinski definition) is 1. The SMILES string of the molecule is NC1(CC(=O)Cc2cc(Br)cc3c2OCC3)CCCC1. The van der Waals surface area contributed by atoms with Gasteiger partial charge in [0.2, 0.25) is 0 Å². The van der Waals surface area contributed by atoms with Gasteiger partial charge in [0.15, 0.2) is 0 Å². The van der Waals surface area contributed by atoms with E-state index in [1.54, 1.807) is 0 Å². The highest BCUT2D eigenvalue weighted by molar-refractivity contribution is 9.10. The van der Waals surface area contributed by atoms with Gasteiger partial charge in [0.05, 0.1) is 6.61 Å². The number of ketones is 1. The van der Waals surface area contributed by atoms with Crippen molar-refractivity contribution in [2.45, 2.75) is 50.5 Å². The van der Waals surface area contributed by atoms with E-state index in [1.807, 2.05) is 6.07 Å². The van der Waals surface area contributed by atoms with E-state index in [4.69, 9.17) is 10.5 Å². The Hall–Kier alpha value is -0.870. The first kappa shape index (κ1) is 14.1. The van der Waals surface area contributed by atoms with E-state index in [9.17, 15) is 4.79 Å². The Bertz CT molecular complexity index is 536. The minimum Gasteiger partial charge on any atom is -0.493 e. The lowest BCUT2D eigenvalue weighted by Crippen LogP contribution is -2.39. The summed E-state index contributed by atoms with van der Waals surface area (Å²) in [6.45, 7) is 0.716. The zero-order valence-corrected chi connectivity index (χ0v) is 13.2. The molecule has 1 heterocycles. The molecule has 108 valence electrons. The zero-order valence-electron chi connectivity index (χ0n) is 11.6. The Morgan fingerprint density at radius 3 is 2.85 bits per heavy atom. The molecule has 3 nitrogen and oxygen atoms in total. The number of benzene rings is 1. The smallest absolute Gasteiger partial charge is 0.139 e. The normalized spacial score (nSPS) is 19.7. The van der Waals surface area contributed by atoms with Gasteiger partial charge >= 0.3 is 0 Å². The third kappa shape index (κ3) is 2.91. The maximum absolute atomic E-state index is 12.3. The molecule has 0 radical (unpaired) electrons. The summed E-state index contributed by atoms with van der Waals surface area (Å²) in [6, 6.07) is 4.08. The second kappa shape index (κ2) is 5.49. The number of carbonyl (C=O) groups is 1. The van der Waals surface area contributed by atoms with E-state index in [-0.39, 0.29) is 11.3 Å². The van der Waals surface area contributed by atoms with Crippen LogP contribution in [0, 0.1) is 0 Å². The molecule has 1 aliphatic heterocycles. The van der Waals surface area contributed by atoms with Crippen LogP contribution in [0.2, 0.25) is 0 Å². The van der Waals surface area contributed by atoms with Crippen LogP contribution >= 0.6 is 15.9 Å². The van der Waals surface area contributed by atoms with Crippen LogP contribution in [0.3, 0.4) is 0 Å². The lowest BCUT2D eigenvalue weighted by molar-refractivity contribution is -0.119.